The Balaban J connectivity index is 2.56. The highest BCUT2D eigenvalue weighted by Crippen LogP contribution is 2.28. The zero-order chi connectivity index (χ0) is 23.7. The smallest absolute Gasteiger partial charge is 0.436 e. The van der Waals surface area contributed by atoms with E-state index in [0.29, 0.717) is 16.8 Å². The average molecular weight is 439 g/mol. The van der Waals surface area contributed by atoms with Crippen LogP contribution in [0.5, 0.6) is 0 Å². The lowest BCUT2D eigenvalue weighted by atomic mass is 10.0. The van der Waals surface area contributed by atoms with Gasteiger partial charge in [-0.05, 0) is 25.1 Å². The summed E-state index contributed by atoms with van der Waals surface area (Å²) >= 11 is 0. The number of nitrogens with one attached hydrogen (secondary N) is 2. The van der Waals surface area contributed by atoms with Crippen LogP contribution in [0.3, 0.4) is 0 Å². The Hall–Kier alpha value is -4.21. The zero-order valence-electron chi connectivity index (χ0n) is 18.0. The topological polar surface area (TPSA) is 143 Å². The van der Waals surface area contributed by atoms with Crippen LogP contribution >= 0.6 is 0 Å². The molecule has 32 heavy (non-hydrogen) atoms. The van der Waals surface area contributed by atoms with Gasteiger partial charge in [0, 0.05) is 24.1 Å². The second-order valence-electron chi connectivity index (χ2n) is 6.47. The molecule has 4 N–H and O–H groups in total. The van der Waals surface area contributed by atoms with E-state index in [1.165, 1.54) is 11.0 Å². The number of rotatable bonds is 6. The first-order valence-electron chi connectivity index (χ1n) is 9.84. The number of hydrogen-bond donors (Lipinski definition) is 3. The van der Waals surface area contributed by atoms with Gasteiger partial charge in [0.2, 0.25) is 11.9 Å². The van der Waals surface area contributed by atoms with E-state index in [9.17, 15) is 19.2 Å². The van der Waals surface area contributed by atoms with Crippen LogP contribution in [0.2, 0.25) is 0 Å². The van der Waals surface area contributed by atoms with E-state index in [2.05, 4.69) is 20.4 Å². The molecule has 0 aliphatic carbocycles. The van der Waals surface area contributed by atoms with Crippen molar-refractivity contribution in [2.45, 2.75) is 20.3 Å². The fourth-order valence-corrected chi connectivity index (χ4v) is 2.79. The van der Waals surface area contributed by atoms with E-state index >= 15 is 0 Å². The van der Waals surface area contributed by atoms with Crippen LogP contribution in [0.25, 0.3) is 0 Å². The number of carbonyl (C=O) groups is 4. The number of nitrogens with zero attached hydrogens (tertiary/aromatic N) is 2. The molecule has 0 aliphatic heterocycles. The maximum absolute atomic E-state index is 12.9. The molecule has 0 fully saturated rings. The van der Waals surface area contributed by atoms with Crippen LogP contribution in [0, 0.1) is 0 Å². The predicted octanol–water partition coefficient (Wildman–Crippen LogP) is 2.88. The summed E-state index contributed by atoms with van der Waals surface area (Å²) in [6.07, 6.45) is -0.826. The Labute approximate surface area is 185 Å². The molecule has 0 atom stereocenters. The van der Waals surface area contributed by atoms with Gasteiger partial charge in [0.1, 0.15) is 0 Å². The van der Waals surface area contributed by atoms with Crippen molar-refractivity contribution in [2.24, 2.45) is 10.7 Å². The van der Waals surface area contributed by atoms with E-state index in [1.807, 2.05) is 0 Å². The van der Waals surface area contributed by atoms with Crippen LogP contribution in [0.1, 0.15) is 36.2 Å². The fourth-order valence-electron chi connectivity index (χ4n) is 2.79. The van der Waals surface area contributed by atoms with E-state index in [1.54, 1.807) is 56.3 Å². The molecular formula is C22H25N5O5. The van der Waals surface area contributed by atoms with Gasteiger partial charge < -0.3 is 15.8 Å². The Kier molecular flexibility index (Phi) is 8.46. The van der Waals surface area contributed by atoms with Gasteiger partial charge >= 0.3 is 12.1 Å². The summed E-state index contributed by atoms with van der Waals surface area (Å²) in [7, 11) is 1.14. The Morgan fingerprint density at radius 1 is 1.03 bits per heavy atom. The summed E-state index contributed by atoms with van der Waals surface area (Å²) in [5.74, 6) is -0.901. The molecule has 0 bridgehead atoms. The van der Waals surface area contributed by atoms with Crippen molar-refractivity contribution in [3.63, 3.8) is 0 Å². The second kappa shape index (κ2) is 11.3. The summed E-state index contributed by atoms with van der Waals surface area (Å²) in [4.78, 5) is 53.4. The van der Waals surface area contributed by atoms with Gasteiger partial charge in [-0.3, -0.25) is 19.8 Å². The number of methoxy groups -OCH3 is 1. The van der Waals surface area contributed by atoms with Gasteiger partial charge in [0.15, 0.2) is 5.78 Å². The highest BCUT2D eigenvalue weighted by molar-refractivity contribution is 6.13. The third kappa shape index (κ3) is 6.14. The van der Waals surface area contributed by atoms with Crippen LogP contribution in [-0.2, 0) is 9.53 Å². The van der Waals surface area contributed by atoms with Gasteiger partial charge in [-0.1, -0.05) is 37.3 Å². The number of anilines is 2. The van der Waals surface area contributed by atoms with Gasteiger partial charge in [0.05, 0.1) is 18.5 Å². The Bertz CT molecular complexity index is 1040. The minimum atomic E-state index is -0.954. The lowest BCUT2D eigenvalue weighted by Gasteiger charge is -2.23. The van der Waals surface area contributed by atoms with Gasteiger partial charge in [-0.2, -0.15) is 0 Å². The average Bonchev–Trinajstić information content (AvgIpc) is 2.79. The molecular weight excluding hydrogens is 414 g/mol. The molecule has 10 nitrogen and oxygen atoms in total. The first-order chi connectivity index (χ1) is 15.3. The number of urea groups is 1. The fraction of sp³-hybridized carbons (Fsp3) is 0.227. The molecule has 0 saturated carbocycles. The van der Waals surface area contributed by atoms with Crippen molar-refractivity contribution in [2.75, 3.05) is 23.9 Å². The molecule has 0 spiro atoms. The SMILES string of the molecule is CCC(=O)NC(=NC(=O)OC)Nc1cc(C(=O)c2ccccc2)ccc1N(CC)C(N)=O. The second-order valence-corrected chi connectivity index (χ2v) is 6.47. The monoisotopic (exact) mass is 439 g/mol. The molecule has 2 aromatic carbocycles. The summed E-state index contributed by atoms with van der Waals surface area (Å²) < 4.78 is 4.53. The number of amides is 4. The molecule has 4 amide bonds. The van der Waals surface area contributed by atoms with E-state index in [4.69, 9.17) is 5.73 Å². The Morgan fingerprint density at radius 2 is 1.72 bits per heavy atom. The van der Waals surface area contributed by atoms with E-state index in [-0.39, 0.29) is 30.4 Å². The number of nitrogens with two attached hydrogens (primary N) is 1. The van der Waals surface area contributed by atoms with Gasteiger partial charge in [-0.25, -0.2) is 9.59 Å². The molecule has 0 heterocycles. The number of hydrogen-bond acceptors (Lipinski definition) is 5. The molecule has 10 heteroatoms. The molecule has 0 unspecified atom stereocenters. The minimum absolute atomic E-state index is 0.129. The lowest BCUT2D eigenvalue weighted by molar-refractivity contribution is -0.119. The largest absolute Gasteiger partial charge is 0.451 e. The molecule has 0 aliphatic rings. The van der Waals surface area contributed by atoms with Crippen LogP contribution in [0.15, 0.2) is 53.5 Å². The standard InChI is InChI=1S/C22H25N5O5/c1-4-18(28)25-21(26-22(31)32-3)24-16-13-15(19(29)14-9-7-6-8-10-14)11-12-17(16)27(5-2)20(23)30/h6-13H,4-5H2,1-3H3,(H2,23,30)(H2,24,25,26,28,31). The maximum atomic E-state index is 12.9. The van der Waals surface area contributed by atoms with Crippen molar-refractivity contribution in [3.05, 3.63) is 59.7 Å². The highest BCUT2D eigenvalue weighted by Gasteiger charge is 2.19. The third-order valence-corrected chi connectivity index (χ3v) is 4.38. The van der Waals surface area contributed by atoms with Crippen LogP contribution < -0.4 is 21.3 Å². The first kappa shape index (κ1) is 24.1. The highest BCUT2D eigenvalue weighted by atomic mass is 16.5. The van der Waals surface area contributed by atoms with Crippen molar-refractivity contribution < 1.29 is 23.9 Å². The summed E-state index contributed by atoms with van der Waals surface area (Å²) in [6.45, 7) is 3.59. The molecule has 168 valence electrons. The van der Waals surface area contributed by atoms with Crippen molar-refractivity contribution in [3.8, 4) is 0 Å². The number of ketones is 1. The van der Waals surface area contributed by atoms with Crippen LogP contribution in [0.4, 0.5) is 21.0 Å². The molecule has 0 saturated heterocycles. The van der Waals surface area contributed by atoms with Crippen molar-refractivity contribution >= 4 is 41.1 Å². The molecule has 0 aromatic heterocycles. The summed E-state index contributed by atoms with van der Waals surface area (Å²) in [6, 6.07) is 12.5. The summed E-state index contributed by atoms with van der Waals surface area (Å²) in [5.41, 5.74) is 6.82. The number of benzene rings is 2. The maximum Gasteiger partial charge on any atom is 0.436 e. The molecule has 2 aromatic rings. The summed E-state index contributed by atoms with van der Waals surface area (Å²) in [5, 5.41) is 5.26. The molecule has 0 radical (unpaired) electrons. The quantitative estimate of drug-likeness (QED) is 0.359. The van der Waals surface area contributed by atoms with E-state index in [0.717, 1.165) is 7.11 Å². The van der Waals surface area contributed by atoms with Gasteiger partial charge in [-0.15, -0.1) is 4.99 Å². The lowest BCUT2D eigenvalue weighted by Crippen LogP contribution is -2.39. The number of aliphatic imine (C=N–C) groups is 1. The van der Waals surface area contributed by atoms with Crippen LogP contribution in [-0.4, -0.2) is 43.4 Å². The third-order valence-electron chi connectivity index (χ3n) is 4.38. The Morgan fingerprint density at radius 3 is 2.28 bits per heavy atom. The first-order valence-corrected chi connectivity index (χ1v) is 9.84. The minimum Gasteiger partial charge on any atom is -0.451 e. The predicted molar refractivity (Wildman–Crippen MR) is 121 cm³/mol. The zero-order valence-corrected chi connectivity index (χ0v) is 18.0. The normalized spacial score (nSPS) is 10.8. The number of carbonyl (C=O) groups excluding carboxylic acids is 4. The number of ether oxygens (including phenoxy) is 1. The van der Waals surface area contributed by atoms with Crippen molar-refractivity contribution in [1.82, 2.24) is 5.32 Å². The van der Waals surface area contributed by atoms with Crippen molar-refractivity contribution in [1.29, 1.82) is 0 Å². The number of primary amides is 1. The molecule has 2 rings (SSSR count). The van der Waals surface area contributed by atoms with Gasteiger partial charge in [0.25, 0.3) is 0 Å². The van der Waals surface area contributed by atoms with E-state index < -0.39 is 18.0 Å². The number of guanidine groups is 1.